The molecule has 0 radical (unpaired) electrons. The first-order valence-corrected chi connectivity index (χ1v) is 18.6. The normalized spacial score (nSPS) is 19.6. The monoisotopic (exact) mass is 725 g/mol. The number of carbonyl (C=O) groups is 3. The predicted molar refractivity (Wildman–Crippen MR) is 191 cm³/mol. The molecule has 4 atom stereocenters. The Bertz CT molecular complexity index is 1630. The fourth-order valence-electron chi connectivity index (χ4n) is 6.49. The summed E-state index contributed by atoms with van der Waals surface area (Å²) in [4.78, 5) is 48.5. The molecule has 13 nitrogen and oxygen atoms in total. The van der Waals surface area contributed by atoms with Gasteiger partial charge in [0.15, 0.2) is 5.76 Å². The van der Waals surface area contributed by atoms with E-state index < -0.39 is 23.7 Å². The number of benzene rings is 1. The SMILES string of the molecule is Cc1ncsc1-c1ccc([C@H](C)NC(=O)[C@@H]2C[C@@H](O)CN2C(=O)[C@H](c2cc(OCCOC3CCN(C(=O)OC(C)(C)C)CC3)no2)C(C)C)cc1. The zero-order valence-electron chi connectivity index (χ0n) is 30.6. The summed E-state index contributed by atoms with van der Waals surface area (Å²) in [6, 6.07) is 8.45. The number of rotatable bonds is 12. The average molecular weight is 726 g/mol. The number of ether oxygens (including phenoxy) is 3. The van der Waals surface area contributed by atoms with Crippen LogP contribution in [0.3, 0.4) is 0 Å². The molecule has 5 rings (SSSR count). The summed E-state index contributed by atoms with van der Waals surface area (Å²) in [6.07, 6.45) is 0.423. The number of aryl methyl sites for hydroxylation is 1. The van der Waals surface area contributed by atoms with Gasteiger partial charge in [0.1, 0.15) is 24.2 Å². The number of β-amino-alcohol motifs (C(OH)–C–C–N with tert-alkyl or cyclic N) is 1. The lowest BCUT2D eigenvalue weighted by Crippen LogP contribution is -2.48. The molecule has 1 aromatic carbocycles. The van der Waals surface area contributed by atoms with Gasteiger partial charge in [-0.15, -0.1) is 11.3 Å². The van der Waals surface area contributed by atoms with Crippen molar-refractivity contribution in [3.05, 3.63) is 52.9 Å². The molecule has 2 aliphatic heterocycles. The quantitative estimate of drug-likeness (QED) is 0.229. The van der Waals surface area contributed by atoms with E-state index in [1.165, 1.54) is 4.90 Å². The topological polar surface area (TPSA) is 157 Å². The molecule has 0 spiro atoms. The number of thiazole rings is 1. The number of hydrogen-bond acceptors (Lipinski definition) is 11. The van der Waals surface area contributed by atoms with E-state index in [-0.39, 0.29) is 61.4 Å². The van der Waals surface area contributed by atoms with Crippen molar-refractivity contribution >= 4 is 29.2 Å². The maximum Gasteiger partial charge on any atom is 0.410 e. The van der Waals surface area contributed by atoms with Crippen LogP contribution in [0.2, 0.25) is 0 Å². The first-order valence-electron chi connectivity index (χ1n) is 17.7. The van der Waals surface area contributed by atoms with Crippen molar-refractivity contribution in [2.45, 2.75) is 104 Å². The van der Waals surface area contributed by atoms with Gasteiger partial charge in [-0.05, 0) is 69.7 Å². The Hall–Kier alpha value is -4.01. The maximum absolute atomic E-state index is 14.0. The van der Waals surface area contributed by atoms with Gasteiger partial charge in [-0.2, -0.15) is 0 Å². The van der Waals surface area contributed by atoms with Gasteiger partial charge in [-0.25, -0.2) is 9.78 Å². The maximum atomic E-state index is 14.0. The van der Waals surface area contributed by atoms with Gasteiger partial charge in [-0.1, -0.05) is 38.1 Å². The number of aliphatic hydroxyl groups excluding tert-OH is 1. The summed E-state index contributed by atoms with van der Waals surface area (Å²) >= 11 is 1.59. The van der Waals surface area contributed by atoms with Crippen LogP contribution in [0.25, 0.3) is 10.4 Å². The molecule has 2 aromatic heterocycles. The minimum absolute atomic E-state index is 0.00565. The van der Waals surface area contributed by atoms with E-state index in [9.17, 15) is 19.5 Å². The molecule has 2 fully saturated rings. The highest BCUT2D eigenvalue weighted by Crippen LogP contribution is 2.33. The van der Waals surface area contributed by atoms with E-state index in [0.717, 1.165) is 21.7 Å². The molecule has 4 heterocycles. The summed E-state index contributed by atoms with van der Waals surface area (Å²) < 4.78 is 22.8. The summed E-state index contributed by atoms with van der Waals surface area (Å²) in [5, 5.41) is 17.7. The second kappa shape index (κ2) is 16.6. The number of aromatic nitrogens is 2. The van der Waals surface area contributed by atoms with Gasteiger partial charge in [0.05, 0.1) is 40.9 Å². The van der Waals surface area contributed by atoms with Gasteiger partial charge >= 0.3 is 6.09 Å². The Morgan fingerprint density at radius 2 is 1.80 bits per heavy atom. The molecule has 3 aromatic rings. The lowest BCUT2D eigenvalue weighted by atomic mass is 9.91. The Kier molecular flexibility index (Phi) is 12.4. The standard InChI is InChI=1S/C37H51N5O8S/c1-22(2)32(30-19-31(40-50-30)48-17-16-47-28-12-14-41(15-13-28)36(46)49-37(5,6)7)35(45)42-20-27(43)18-29(42)34(44)39-23(3)25-8-10-26(11-9-25)33-24(4)38-21-51-33/h8-11,19,21-23,27-29,32,43H,12-18,20H2,1-7H3,(H,39,44)/t23-,27+,29-,32-/m0/s1. The second-order valence-electron chi connectivity index (χ2n) is 14.7. The molecular formula is C37H51N5O8S. The fourth-order valence-corrected chi connectivity index (χ4v) is 7.31. The third kappa shape index (κ3) is 9.86. The molecule has 51 heavy (non-hydrogen) atoms. The van der Waals surface area contributed by atoms with Crippen LogP contribution < -0.4 is 10.1 Å². The van der Waals surface area contributed by atoms with Crippen LogP contribution in [0.15, 0.2) is 40.4 Å². The Balaban J connectivity index is 1.12. The molecule has 2 N–H and O–H groups in total. The first kappa shape index (κ1) is 38.2. The number of hydrogen-bond donors (Lipinski definition) is 2. The molecule has 0 bridgehead atoms. The number of likely N-dealkylation sites (tertiary alicyclic amines) is 2. The number of nitrogens with one attached hydrogen (secondary N) is 1. The second-order valence-corrected chi connectivity index (χ2v) is 15.5. The van der Waals surface area contributed by atoms with Gasteiger partial charge in [0.2, 0.25) is 11.8 Å². The number of nitrogens with zero attached hydrogens (tertiary/aromatic N) is 4. The molecule has 14 heteroatoms. The van der Waals surface area contributed by atoms with Crippen LogP contribution >= 0.6 is 11.3 Å². The minimum Gasteiger partial charge on any atom is -0.473 e. The predicted octanol–water partition coefficient (Wildman–Crippen LogP) is 5.48. The third-order valence-electron chi connectivity index (χ3n) is 9.17. The zero-order chi connectivity index (χ0) is 36.9. The third-order valence-corrected chi connectivity index (χ3v) is 10.1. The van der Waals surface area contributed by atoms with Crippen LogP contribution in [0.1, 0.15) is 89.8 Å². The minimum atomic E-state index is -0.831. The van der Waals surface area contributed by atoms with E-state index in [4.69, 9.17) is 18.7 Å². The molecule has 2 saturated heterocycles. The lowest BCUT2D eigenvalue weighted by molar-refractivity contribution is -0.141. The summed E-state index contributed by atoms with van der Waals surface area (Å²) in [6.45, 7) is 14.9. The van der Waals surface area contributed by atoms with Crippen LogP contribution in [0.5, 0.6) is 5.88 Å². The van der Waals surface area contributed by atoms with Crippen molar-refractivity contribution in [2.75, 3.05) is 32.8 Å². The first-order chi connectivity index (χ1) is 24.2. The molecule has 0 aliphatic carbocycles. The summed E-state index contributed by atoms with van der Waals surface area (Å²) in [5.41, 5.74) is 4.26. The van der Waals surface area contributed by atoms with Crippen LogP contribution in [-0.2, 0) is 19.1 Å². The van der Waals surface area contributed by atoms with Crippen molar-refractivity contribution in [3.8, 4) is 16.3 Å². The number of carbonyl (C=O) groups excluding carboxylic acids is 3. The number of amides is 3. The van der Waals surface area contributed by atoms with E-state index in [1.54, 1.807) is 22.3 Å². The smallest absolute Gasteiger partial charge is 0.410 e. The van der Waals surface area contributed by atoms with Crippen molar-refractivity contribution in [2.24, 2.45) is 5.92 Å². The van der Waals surface area contributed by atoms with Crippen LogP contribution in [0, 0.1) is 12.8 Å². The summed E-state index contributed by atoms with van der Waals surface area (Å²) in [5.74, 6) is -1.01. The Morgan fingerprint density at radius 3 is 2.43 bits per heavy atom. The van der Waals surface area contributed by atoms with Crippen molar-refractivity contribution in [3.63, 3.8) is 0 Å². The average Bonchev–Trinajstić information content (AvgIpc) is 3.82. The largest absolute Gasteiger partial charge is 0.473 e. The van der Waals surface area contributed by atoms with Gasteiger partial charge < -0.3 is 39.0 Å². The molecule has 0 saturated carbocycles. The fraction of sp³-hybridized carbons (Fsp3) is 0.595. The van der Waals surface area contributed by atoms with Gasteiger partial charge in [-0.3, -0.25) is 9.59 Å². The highest BCUT2D eigenvalue weighted by molar-refractivity contribution is 7.13. The van der Waals surface area contributed by atoms with Crippen LogP contribution in [-0.4, -0.2) is 99.7 Å². The van der Waals surface area contributed by atoms with E-state index in [0.29, 0.717) is 38.3 Å². The zero-order valence-corrected chi connectivity index (χ0v) is 31.4. The molecule has 278 valence electrons. The van der Waals surface area contributed by atoms with Gasteiger partial charge in [0, 0.05) is 32.1 Å². The number of piperidine rings is 1. The lowest BCUT2D eigenvalue weighted by Gasteiger charge is -2.33. The molecular weight excluding hydrogens is 675 g/mol. The van der Waals surface area contributed by atoms with E-state index in [2.05, 4.69) is 15.5 Å². The molecule has 0 unspecified atom stereocenters. The van der Waals surface area contributed by atoms with Crippen molar-refractivity contribution < 1.29 is 38.2 Å². The van der Waals surface area contributed by atoms with Crippen molar-refractivity contribution in [1.29, 1.82) is 0 Å². The van der Waals surface area contributed by atoms with E-state index >= 15 is 0 Å². The number of aliphatic hydroxyl groups is 1. The highest BCUT2D eigenvalue weighted by Gasteiger charge is 2.43. The molecule has 3 amide bonds. The molecule has 2 aliphatic rings. The summed E-state index contributed by atoms with van der Waals surface area (Å²) in [7, 11) is 0. The Morgan fingerprint density at radius 1 is 1.10 bits per heavy atom. The van der Waals surface area contributed by atoms with Gasteiger partial charge in [0.25, 0.3) is 5.88 Å². The van der Waals surface area contributed by atoms with Crippen molar-refractivity contribution in [1.82, 2.24) is 25.3 Å². The van der Waals surface area contributed by atoms with Crippen LogP contribution in [0.4, 0.5) is 4.79 Å². The highest BCUT2D eigenvalue weighted by atomic mass is 32.1. The Labute approximate surface area is 303 Å². The van der Waals surface area contributed by atoms with E-state index in [1.807, 2.05) is 78.2 Å².